The van der Waals surface area contributed by atoms with Crippen molar-refractivity contribution < 1.29 is 9.84 Å². The van der Waals surface area contributed by atoms with Gasteiger partial charge in [-0.2, -0.15) is 0 Å². The van der Waals surface area contributed by atoms with E-state index in [-0.39, 0.29) is 17.8 Å². The second-order valence-corrected chi connectivity index (χ2v) is 7.90. The van der Waals surface area contributed by atoms with Crippen LogP contribution in [-0.2, 0) is 0 Å². The Labute approximate surface area is 191 Å². The van der Waals surface area contributed by atoms with Crippen LogP contribution in [0, 0.1) is 0 Å². The number of methoxy groups -OCH3 is 1. The molecule has 0 bridgehead atoms. The Morgan fingerprint density at radius 1 is 0.969 bits per heavy atom. The topological polar surface area (TPSA) is 62.5 Å². The summed E-state index contributed by atoms with van der Waals surface area (Å²) in [7, 11) is 1.67. The van der Waals surface area contributed by atoms with Crippen LogP contribution in [0.25, 0.3) is 5.69 Å². The van der Waals surface area contributed by atoms with Crippen LogP contribution < -0.4 is 15.0 Å². The van der Waals surface area contributed by atoms with E-state index in [4.69, 9.17) is 17.0 Å². The van der Waals surface area contributed by atoms with Gasteiger partial charge in [-0.05, 0) is 72.9 Å². The van der Waals surface area contributed by atoms with E-state index in [2.05, 4.69) is 25.8 Å². The van der Waals surface area contributed by atoms with Crippen molar-refractivity contribution >= 4 is 23.0 Å². The second kappa shape index (κ2) is 8.36. The number of nitrogens with zero attached hydrogens (tertiary/aromatic N) is 3. The molecule has 0 aliphatic carbocycles. The number of anilines is 1. The molecule has 2 atom stereocenters. The van der Waals surface area contributed by atoms with Gasteiger partial charge < -0.3 is 24.6 Å². The van der Waals surface area contributed by atoms with Gasteiger partial charge in [0.25, 0.3) is 0 Å². The van der Waals surface area contributed by atoms with Crippen LogP contribution in [0.15, 0.2) is 91.3 Å². The third kappa shape index (κ3) is 3.56. The number of benzene rings is 2. The summed E-state index contributed by atoms with van der Waals surface area (Å²) in [6.07, 6.45) is 3.83. The smallest absolute Gasteiger partial charge is 0.174 e. The summed E-state index contributed by atoms with van der Waals surface area (Å²) in [5.74, 6) is 1.00. The first-order valence-corrected chi connectivity index (χ1v) is 10.7. The summed E-state index contributed by atoms with van der Waals surface area (Å²) in [5, 5.41) is 13.9. The van der Waals surface area contributed by atoms with E-state index in [1.807, 2.05) is 66.9 Å². The molecule has 7 heteroatoms. The van der Waals surface area contributed by atoms with Crippen molar-refractivity contribution in [3.05, 3.63) is 103 Å². The minimum Gasteiger partial charge on any atom is -0.508 e. The van der Waals surface area contributed by atoms with Crippen molar-refractivity contribution in [2.24, 2.45) is 0 Å². The molecule has 2 aromatic heterocycles. The van der Waals surface area contributed by atoms with Crippen LogP contribution in [0.3, 0.4) is 0 Å². The maximum Gasteiger partial charge on any atom is 0.174 e. The van der Waals surface area contributed by atoms with Crippen molar-refractivity contribution in [2.45, 2.75) is 12.1 Å². The van der Waals surface area contributed by atoms with E-state index >= 15 is 0 Å². The number of rotatable bonds is 5. The fourth-order valence-electron chi connectivity index (χ4n) is 4.18. The lowest BCUT2D eigenvalue weighted by Gasteiger charge is -2.29. The summed E-state index contributed by atoms with van der Waals surface area (Å²) in [4.78, 5) is 6.69. The molecule has 3 heterocycles. The Morgan fingerprint density at radius 3 is 2.56 bits per heavy atom. The average molecular weight is 443 g/mol. The van der Waals surface area contributed by atoms with Crippen LogP contribution in [0.2, 0.25) is 0 Å². The van der Waals surface area contributed by atoms with E-state index in [1.54, 1.807) is 25.4 Å². The second-order valence-electron chi connectivity index (χ2n) is 7.52. The highest BCUT2D eigenvalue weighted by atomic mass is 32.1. The Morgan fingerprint density at radius 2 is 1.81 bits per heavy atom. The van der Waals surface area contributed by atoms with Crippen molar-refractivity contribution in [1.82, 2.24) is 14.9 Å². The van der Waals surface area contributed by atoms with Gasteiger partial charge in [0.2, 0.25) is 0 Å². The number of aromatic hydroxyl groups is 1. The number of hydrogen-bond donors (Lipinski definition) is 2. The van der Waals surface area contributed by atoms with Crippen LogP contribution >= 0.6 is 12.2 Å². The first-order valence-electron chi connectivity index (χ1n) is 10.3. The standard InChI is InChI=1S/C25H22N4O2S/c1-31-20-7-4-6-18(16-20)28-15-5-9-22(28)24-23(21-8-2-3-14-26-21)27-25(32)29(24)17-10-12-19(30)13-11-17/h2-16,23-24,30H,1H3,(H,27,32). The van der Waals surface area contributed by atoms with Crippen LogP contribution in [0.4, 0.5) is 5.69 Å². The molecule has 0 radical (unpaired) electrons. The largest absolute Gasteiger partial charge is 0.508 e. The zero-order valence-corrected chi connectivity index (χ0v) is 18.2. The van der Waals surface area contributed by atoms with Crippen LogP contribution in [0.5, 0.6) is 11.5 Å². The lowest BCUT2D eigenvalue weighted by atomic mass is 10.0. The third-order valence-electron chi connectivity index (χ3n) is 5.64. The zero-order chi connectivity index (χ0) is 22.1. The van der Waals surface area contributed by atoms with Gasteiger partial charge in [0, 0.05) is 35.5 Å². The zero-order valence-electron chi connectivity index (χ0n) is 17.4. The molecule has 1 fully saturated rings. The normalized spacial score (nSPS) is 17.9. The minimum atomic E-state index is -0.164. The van der Waals surface area contributed by atoms with Gasteiger partial charge in [-0.25, -0.2) is 0 Å². The number of thiocarbonyl (C=S) groups is 1. The number of hydrogen-bond acceptors (Lipinski definition) is 4. The molecule has 2 aromatic carbocycles. The molecule has 6 nitrogen and oxygen atoms in total. The van der Waals surface area contributed by atoms with Crippen LogP contribution in [-0.4, -0.2) is 26.9 Å². The van der Waals surface area contributed by atoms with Crippen molar-refractivity contribution in [1.29, 1.82) is 0 Å². The monoisotopic (exact) mass is 442 g/mol. The number of nitrogens with one attached hydrogen (secondary N) is 1. The minimum absolute atomic E-state index is 0.156. The molecule has 2 N–H and O–H groups in total. The molecule has 1 aliphatic heterocycles. The Bertz CT molecular complexity index is 1240. The van der Waals surface area contributed by atoms with E-state index < -0.39 is 0 Å². The number of pyridine rings is 1. The van der Waals surface area contributed by atoms with E-state index in [9.17, 15) is 5.11 Å². The highest BCUT2D eigenvalue weighted by molar-refractivity contribution is 7.80. The average Bonchev–Trinajstić information content (AvgIpc) is 3.44. The molecule has 0 amide bonds. The van der Waals surface area contributed by atoms with Crippen molar-refractivity contribution in [3.8, 4) is 17.2 Å². The molecular weight excluding hydrogens is 420 g/mol. The summed E-state index contributed by atoms with van der Waals surface area (Å²) in [6.45, 7) is 0. The number of ether oxygens (including phenoxy) is 1. The van der Waals surface area contributed by atoms with Gasteiger partial charge in [0.15, 0.2) is 5.11 Å². The first kappa shape index (κ1) is 20.1. The van der Waals surface area contributed by atoms with E-state index in [0.717, 1.165) is 28.5 Å². The molecule has 5 rings (SSSR count). The molecule has 0 saturated carbocycles. The maximum atomic E-state index is 9.79. The molecule has 1 saturated heterocycles. The van der Waals surface area contributed by atoms with Gasteiger partial charge in [-0.3, -0.25) is 4.98 Å². The highest BCUT2D eigenvalue weighted by Gasteiger charge is 2.42. The Balaban J connectivity index is 1.66. The SMILES string of the molecule is COc1cccc(-n2cccc2C2C(c3ccccn3)NC(=S)N2c2ccc(O)cc2)c1. The van der Waals surface area contributed by atoms with Crippen molar-refractivity contribution in [3.63, 3.8) is 0 Å². The van der Waals surface area contributed by atoms with Crippen LogP contribution in [0.1, 0.15) is 23.5 Å². The predicted octanol–water partition coefficient (Wildman–Crippen LogP) is 4.76. The van der Waals surface area contributed by atoms with E-state index in [1.165, 1.54) is 0 Å². The molecule has 2 unspecified atom stereocenters. The molecule has 32 heavy (non-hydrogen) atoms. The van der Waals surface area contributed by atoms with Gasteiger partial charge in [-0.1, -0.05) is 12.1 Å². The summed E-state index contributed by atoms with van der Waals surface area (Å²) < 4.78 is 7.58. The van der Waals surface area contributed by atoms with Gasteiger partial charge in [-0.15, -0.1) is 0 Å². The summed E-state index contributed by atoms with van der Waals surface area (Å²) in [5.41, 5.74) is 3.84. The molecule has 0 spiro atoms. The first-order chi connectivity index (χ1) is 15.7. The fourth-order valence-corrected chi connectivity index (χ4v) is 4.52. The molecule has 1 aliphatic rings. The maximum absolute atomic E-state index is 9.79. The number of aromatic nitrogens is 2. The molecular formula is C25H22N4O2S. The van der Waals surface area contributed by atoms with Crippen molar-refractivity contribution in [2.75, 3.05) is 12.0 Å². The predicted molar refractivity (Wildman–Crippen MR) is 128 cm³/mol. The molecule has 4 aromatic rings. The fraction of sp³-hybridized carbons (Fsp3) is 0.120. The summed E-state index contributed by atoms with van der Waals surface area (Å²) >= 11 is 5.78. The Hall–Kier alpha value is -3.84. The highest BCUT2D eigenvalue weighted by Crippen LogP contribution is 2.42. The van der Waals surface area contributed by atoms with E-state index in [0.29, 0.717) is 5.11 Å². The third-order valence-corrected chi connectivity index (χ3v) is 5.96. The quantitative estimate of drug-likeness (QED) is 0.435. The number of phenols is 1. The summed E-state index contributed by atoms with van der Waals surface area (Å²) in [6, 6.07) is 24.7. The molecule has 160 valence electrons. The lowest BCUT2D eigenvalue weighted by Crippen LogP contribution is -2.30. The van der Waals surface area contributed by atoms with Gasteiger partial charge in [0.1, 0.15) is 17.5 Å². The number of phenolic OH excluding ortho intramolecular Hbond substituents is 1. The van der Waals surface area contributed by atoms with Gasteiger partial charge >= 0.3 is 0 Å². The Kier molecular flexibility index (Phi) is 5.25. The van der Waals surface area contributed by atoms with Gasteiger partial charge in [0.05, 0.1) is 18.8 Å². The lowest BCUT2D eigenvalue weighted by molar-refractivity contribution is 0.414.